The average Bonchev–Trinajstić information content (AvgIpc) is 2.08. The predicted octanol–water partition coefficient (Wildman–Crippen LogP) is -0.271. The number of nitrogens with zero attached hydrogens (tertiary/aromatic N) is 1. The lowest BCUT2D eigenvalue weighted by Crippen LogP contribution is -2.19. The van der Waals surface area contributed by atoms with E-state index in [4.69, 9.17) is 0 Å². The van der Waals surface area contributed by atoms with Crippen molar-refractivity contribution >= 4 is 0 Å². The highest BCUT2D eigenvalue weighted by Gasteiger charge is 2.01. The highest BCUT2D eigenvalue weighted by atomic mass is 16.6. The Kier molecular flexibility index (Phi) is 2.95. The van der Waals surface area contributed by atoms with E-state index in [1.807, 2.05) is 0 Å². The van der Waals surface area contributed by atoms with E-state index < -0.39 is 0 Å². The average molecular weight is 169 g/mol. The van der Waals surface area contributed by atoms with Crippen LogP contribution in [0.25, 0.3) is 0 Å². The largest absolute Gasteiger partial charge is 0.313 e. The number of nitrogens with one attached hydrogen (secondary N) is 2. The van der Waals surface area contributed by atoms with Crippen LogP contribution in [0.5, 0.6) is 0 Å². The van der Waals surface area contributed by atoms with Crippen molar-refractivity contribution in [2.24, 2.45) is 0 Å². The molecular weight excluding hydrogens is 158 g/mol. The van der Waals surface area contributed by atoms with Gasteiger partial charge in [-0.15, -0.1) is 0 Å². The molecular formula is C7H11N3O2. The van der Waals surface area contributed by atoms with Crippen LogP contribution < -0.4 is 11.0 Å². The normalized spacial score (nSPS) is 10.2. The second-order valence-corrected chi connectivity index (χ2v) is 2.33. The van der Waals surface area contributed by atoms with Gasteiger partial charge in [-0.05, 0) is 6.92 Å². The van der Waals surface area contributed by atoms with Gasteiger partial charge in [-0.3, -0.25) is 4.79 Å². The van der Waals surface area contributed by atoms with Gasteiger partial charge in [0.05, 0.1) is 25.7 Å². The fourth-order valence-electron chi connectivity index (χ4n) is 0.824. The third-order valence-electron chi connectivity index (χ3n) is 1.57. The lowest BCUT2D eigenvalue weighted by molar-refractivity contribution is 0.0856. The van der Waals surface area contributed by atoms with Crippen molar-refractivity contribution in [3.05, 3.63) is 27.9 Å². The second kappa shape index (κ2) is 3.99. The van der Waals surface area contributed by atoms with E-state index >= 15 is 0 Å². The maximum atomic E-state index is 11.0. The second-order valence-electron chi connectivity index (χ2n) is 2.33. The standard InChI is InChI=1S/C7H11N3O2/c1-5-6(3-10-12-2)8-4-9-7(5)11/h4,10H,3H2,1-2H3,(H,8,9,11). The summed E-state index contributed by atoms with van der Waals surface area (Å²) in [7, 11) is 1.52. The molecule has 5 heteroatoms. The van der Waals surface area contributed by atoms with Crippen molar-refractivity contribution in [3.8, 4) is 0 Å². The fourth-order valence-corrected chi connectivity index (χ4v) is 0.824. The molecule has 5 nitrogen and oxygen atoms in total. The van der Waals surface area contributed by atoms with Crippen molar-refractivity contribution < 1.29 is 4.84 Å². The molecule has 0 aliphatic heterocycles. The molecule has 0 amide bonds. The maximum Gasteiger partial charge on any atom is 0.253 e. The smallest absolute Gasteiger partial charge is 0.253 e. The zero-order valence-corrected chi connectivity index (χ0v) is 7.05. The molecule has 0 unspecified atom stereocenters. The van der Waals surface area contributed by atoms with Crippen LogP contribution in [0, 0.1) is 6.92 Å². The van der Waals surface area contributed by atoms with Crippen LogP contribution in [0.15, 0.2) is 11.1 Å². The van der Waals surface area contributed by atoms with Crippen LogP contribution in [0.3, 0.4) is 0 Å². The van der Waals surface area contributed by atoms with E-state index in [0.29, 0.717) is 17.8 Å². The summed E-state index contributed by atoms with van der Waals surface area (Å²) in [5.41, 5.74) is 3.81. The summed E-state index contributed by atoms with van der Waals surface area (Å²) >= 11 is 0. The lowest BCUT2D eigenvalue weighted by atomic mass is 10.2. The van der Waals surface area contributed by atoms with Gasteiger partial charge in [0.1, 0.15) is 0 Å². The van der Waals surface area contributed by atoms with Gasteiger partial charge in [0.25, 0.3) is 5.56 Å². The molecule has 0 aliphatic carbocycles. The van der Waals surface area contributed by atoms with E-state index in [2.05, 4.69) is 20.3 Å². The fraction of sp³-hybridized carbons (Fsp3) is 0.429. The first-order valence-electron chi connectivity index (χ1n) is 3.54. The van der Waals surface area contributed by atoms with E-state index in [0.717, 1.165) is 0 Å². The Labute approximate surface area is 69.7 Å². The van der Waals surface area contributed by atoms with Crippen molar-refractivity contribution in [3.63, 3.8) is 0 Å². The van der Waals surface area contributed by atoms with E-state index in [-0.39, 0.29) is 5.56 Å². The molecule has 0 aromatic carbocycles. The Hall–Kier alpha value is -1.20. The SMILES string of the molecule is CONCc1nc[nH]c(=O)c1C. The number of H-pyrrole nitrogens is 1. The van der Waals surface area contributed by atoms with Gasteiger partial charge in [-0.2, -0.15) is 5.48 Å². The summed E-state index contributed by atoms with van der Waals surface area (Å²) in [6.07, 6.45) is 1.38. The summed E-state index contributed by atoms with van der Waals surface area (Å²) in [5, 5.41) is 0. The summed E-state index contributed by atoms with van der Waals surface area (Å²) in [5.74, 6) is 0. The van der Waals surface area contributed by atoms with Crippen molar-refractivity contribution in [1.82, 2.24) is 15.4 Å². The molecule has 2 N–H and O–H groups in total. The highest BCUT2D eigenvalue weighted by Crippen LogP contribution is 1.94. The quantitative estimate of drug-likeness (QED) is 0.611. The molecule has 0 aliphatic rings. The molecule has 0 saturated carbocycles. The molecule has 66 valence electrons. The maximum absolute atomic E-state index is 11.0. The van der Waals surface area contributed by atoms with Gasteiger partial charge >= 0.3 is 0 Å². The Morgan fingerprint density at radius 3 is 3.17 bits per heavy atom. The first-order valence-corrected chi connectivity index (χ1v) is 3.54. The van der Waals surface area contributed by atoms with Crippen molar-refractivity contribution in [2.45, 2.75) is 13.5 Å². The Balaban J connectivity index is 2.85. The van der Waals surface area contributed by atoms with Crippen LogP contribution in [0.2, 0.25) is 0 Å². The molecule has 1 aromatic heterocycles. The molecule has 0 saturated heterocycles. The summed E-state index contributed by atoms with van der Waals surface area (Å²) in [6.45, 7) is 2.16. The Morgan fingerprint density at radius 2 is 2.50 bits per heavy atom. The minimum absolute atomic E-state index is 0.113. The van der Waals surface area contributed by atoms with E-state index in [9.17, 15) is 4.79 Å². The zero-order chi connectivity index (χ0) is 8.97. The van der Waals surface area contributed by atoms with Crippen LogP contribution >= 0.6 is 0 Å². The zero-order valence-electron chi connectivity index (χ0n) is 7.05. The molecule has 0 fully saturated rings. The number of hydrogen-bond donors (Lipinski definition) is 2. The third kappa shape index (κ3) is 1.90. The number of rotatable bonds is 3. The molecule has 0 spiro atoms. The number of hydroxylamine groups is 1. The van der Waals surface area contributed by atoms with Crippen LogP contribution in [-0.2, 0) is 11.4 Å². The number of hydrogen-bond acceptors (Lipinski definition) is 4. The molecule has 0 radical (unpaired) electrons. The minimum atomic E-state index is -0.113. The monoisotopic (exact) mass is 169 g/mol. The molecule has 1 aromatic rings. The Morgan fingerprint density at radius 1 is 1.75 bits per heavy atom. The van der Waals surface area contributed by atoms with Crippen LogP contribution in [-0.4, -0.2) is 17.1 Å². The molecule has 12 heavy (non-hydrogen) atoms. The van der Waals surface area contributed by atoms with Gasteiger partial charge in [-0.1, -0.05) is 0 Å². The van der Waals surface area contributed by atoms with Gasteiger partial charge in [-0.25, -0.2) is 4.98 Å². The Bertz CT molecular complexity index is 308. The highest BCUT2D eigenvalue weighted by molar-refractivity contribution is 5.13. The van der Waals surface area contributed by atoms with Gasteiger partial charge in [0.2, 0.25) is 0 Å². The first-order chi connectivity index (χ1) is 5.75. The number of aromatic amines is 1. The van der Waals surface area contributed by atoms with Gasteiger partial charge in [0, 0.05) is 5.56 Å². The predicted molar refractivity (Wildman–Crippen MR) is 43.4 cm³/mol. The summed E-state index contributed by atoms with van der Waals surface area (Å²) in [4.78, 5) is 22.1. The van der Waals surface area contributed by atoms with Gasteiger partial charge < -0.3 is 9.82 Å². The van der Waals surface area contributed by atoms with Crippen LogP contribution in [0.1, 0.15) is 11.3 Å². The van der Waals surface area contributed by atoms with Crippen molar-refractivity contribution in [2.75, 3.05) is 7.11 Å². The molecule has 1 heterocycles. The third-order valence-corrected chi connectivity index (χ3v) is 1.57. The molecule has 0 atom stereocenters. The minimum Gasteiger partial charge on any atom is -0.313 e. The number of aromatic nitrogens is 2. The molecule has 0 bridgehead atoms. The summed E-state index contributed by atoms with van der Waals surface area (Å²) < 4.78 is 0. The first kappa shape index (κ1) is 8.89. The summed E-state index contributed by atoms with van der Waals surface area (Å²) in [6, 6.07) is 0. The van der Waals surface area contributed by atoms with Crippen LogP contribution in [0.4, 0.5) is 0 Å². The van der Waals surface area contributed by atoms with Crippen molar-refractivity contribution in [1.29, 1.82) is 0 Å². The lowest BCUT2D eigenvalue weighted by Gasteiger charge is -2.02. The molecule has 1 rings (SSSR count). The van der Waals surface area contributed by atoms with Gasteiger partial charge in [0.15, 0.2) is 0 Å². The van der Waals surface area contributed by atoms with E-state index in [1.165, 1.54) is 13.4 Å². The topological polar surface area (TPSA) is 67.0 Å². The van der Waals surface area contributed by atoms with E-state index in [1.54, 1.807) is 6.92 Å².